The fourth-order valence-corrected chi connectivity index (χ4v) is 4.06. The van der Waals surface area contributed by atoms with Crippen molar-refractivity contribution in [3.05, 3.63) is 23.8 Å². The average molecular weight is 314 g/mol. The summed E-state index contributed by atoms with van der Waals surface area (Å²) in [5, 5.41) is 9.15. The molecule has 1 saturated heterocycles. The standard InChI is InChI=1S/C13H18N2O5S/c1-20-10-4-6-15(7-5-10)21(18,19)12-8-9(14)2-3-11(12)13(16)17/h2-3,8,10H,4-7,14H2,1H3,(H,16,17). The van der Waals surface area contributed by atoms with Gasteiger partial charge in [0, 0.05) is 25.9 Å². The molecular weight excluding hydrogens is 296 g/mol. The Hall–Kier alpha value is -1.64. The molecule has 1 aromatic carbocycles. The minimum absolute atomic E-state index is 0.0382. The lowest BCUT2D eigenvalue weighted by atomic mass is 10.1. The van der Waals surface area contributed by atoms with Crippen molar-refractivity contribution in [2.45, 2.75) is 23.8 Å². The van der Waals surface area contributed by atoms with Gasteiger partial charge in [-0.3, -0.25) is 0 Å². The van der Waals surface area contributed by atoms with E-state index in [4.69, 9.17) is 15.6 Å². The molecule has 1 heterocycles. The van der Waals surface area contributed by atoms with E-state index < -0.39 is 16.0 Å². The molecule has 0 aliphatic carbocycles. The summed E-state index contributed by atoms with van der Waals surface area (Å²) < 4.78 is 31.7. The molecule has 0 saturated carbocycles. The zero-order valence-electron chi connectivity index (χ0n) is 11.7. The van der Waals surface area contributed by atoms with Gasteiger partial charge in [0.1, 0.15) is 0 Å². The van der Waals surface area contributed by atoms with Crippen LogP contribution in [0.2, 0.25) is 0 Å². The van der Waals surface area contributed by atoms with E-state index in [-0.39, 0.29) is 22.3 Å². The second-order valence-corrected chi connectivity index (χ2v) is 6.81. The summed E-state index contributed by atoms with van der Waals surface area (Å²) in [6.45, 7) is 0.601. The van der Waals surface area contributed by atoms with Crippen LogP contribution >= 0.6 is 0 Å². The highest BCUT2D eigenvalue weighted by atomic mass is 32.2. The molecule has 8 heteroatoms. The van der Waals surface area contributed by atoms with Gasteiger partial charge in [0.25, 0.3) is 0 Å². The van der Waals surface area contributed by atoms with Gasteiger partial charge >= 0.3 is 5.97 Å². The molecule has 3 N–H and O–H groups in total. The first-order chi connectivity index (χ1) is 9.86. The lowest BCUT2D eigenvalue weighted by Crippen LogP contribution is -2.41. The van der Waals surface area contributed by atoms with Gasteiger partial charge in [0.05, 0.1) is 16.6 Å². The van der Waals surface area contributed by atoms with E-state index in [2.05, 4.69) is 0 Å². The van der Waals surface area contributed by atoms with Crippen LogP contribution in [0, 0.1) is 0 Å². The lowest BCUT2D eigenvalue weighted by Gasteiger charge is -2.30. The molecule has 1 aromatic rings. The van der Waals surface area contributed by atoms with E-state index in [0.717, 1.165) is 0 Å². The first-order valence-electron chi connectivity index (χ1n) is 6.52. The van der Waals surface area contributed by atoms with Crippen LogP contribution in [0.4, 0.5) is 5.69 Å². The van der Waals surface area contributed by atoms with Gasteiger partial charge in [-0.15, -0.1) is 0 Å². The Bertz CT molecular complexity index is 636. The van der Waals surface area contributed by atoms with Crippen LogP contribution in [-0.2, 0) is 14.8 Å². The normalized spacial score (nSPS) is 17.8. The fourth-order valence-electron chi connectivity index (χ4n) is 2.38. The number of piperidine rings is 1. The number of benzene rings is 1. The minimum Gasteiger partial charge on any atom is -0.478 e. The number of hydrogen-bond donors (Lipinski definition) is 2. The molecule has 0 amide bonds. The van der Waals surface area contributed by atoms with Gasteiger partial charge in [-0.05, 0) is 31.0 Å². The predicted octanol–water partition coefficient (Wildman–Crippen LogP) is 0.766. The Morgan fingerprint density at radius 1 is 1.38 bits per heavy atom. The molecule has 21 heavy (non-hydrogen) atoms. The molecule has 2 rings (SSSR count). The third-order valence-electron chi connectivity index (χ3n) is 3.59. The molecule has 7 nitrogen and oxygen atoms in total. The van der Waals surface area contributed by atoms with E-state index in [1.165, 1.54) is 22.5 Å². The summed E-state index contributed by atoms with van der Waals surface area (Å²) in [7, 11) is -2.28. The monoisotopic (exact) mass is 314 g/mol. The van der Waals surface area contributed by atoms with Crippen molar-refractivity contribution in [2.75, 3.05) is 25.9 Å². The van der Waals surface area contributed by atoms with Gasteiger partial charge in [-0.1, -0.05) is 0 Å². The minimum atomic E-state index is -3.87. The molecule has 1 aliphatic heterocycles. The van der Waals surface area contributed by atoms with E-state index in [0.29, 0.717) is 25.9 Å². The third kappa shape index (κ3) is 3.17. The van der Waals surface area contributed by atoms with Crippen LogP contribution in [0.15, 0.2) is 23.1 Å². The van der Waals surface area contributed by atoms with Crippen molar-refractivity contribution in [1.82, 2.24) is 4.31 Å². The van der Waals surface area contributed by atoms with Crippen LogP contribution in [0.25, 0.3) is 0 Å². The molecule has 116 valence electrons. The SMILES string of the molecule is COC1CCN(S(=O)(=O)c2cc(N)ccc2C(=O)O)CC1. The second-order valence-electron chi connectivity index (χ2n) is 4.90. The number of nitrogens with two attached hydrogens (primary N) is 1. The molecule has 0 aromatic heterocycles. The highest BCUT2D eigenvalue weighted by molar-refractivity contribution is 7.89. The Kier molecular flexibility index (Phi) is 4.50. The Labute approximate surface area is 123 Å². The highest BCUT2D eigenvalue weighted by Crippen LogP contribution is 2.26. The van der Waals surface area contributed by atoms with Gasteiger partial charge in [0.2, 0.25) is 10.0 Å². The van der Waals surface area contributed by atoms with Crippen molar-refractivity contribution in [2.24, 2.45) is 0 Å². The van der Waals surface area contributed by atoms with Crippen molar-refractivity contribution in [3.8, 4) is 0 Å². The number of nitrogens with zero attached hydrogens (tertiary/aromatic N) is 1. The number of anilines is 1. The fraction of sp³-hybridized carbons (Fsp3) is 0.462. The summed E-state index contributed by atoms with van der Waals surface area (Å²) >= 11 is 0. The van der Waals surface area contributed by atoms with Crippen LogP contribution in [0.3, 0.4) is 0 Å². The molecule has 0 spiro atoms. The number of carboxylic acids is 1. The van der Waals surface area contributed by atoms with Crippen LogP contribution in [0.5, 0.6) is 0 Å². The number of carboxylic acid groups (broad SMARTS) is 1. The maximum absolute atomic E-state index is 12.6. The number of methoxy groups -OCH3 is 1. The zero-order valence-corrected chi connectivity index (χ0v) is 12.5. The number of rotatable bonds is 4. The molecule has 0 bridgehead atoms. The Morgan fingerprint density at radius 2 is 2.00 bits per heavy atom. The molecule has 0 radical (unpaired) electrons. The van der Waals surface area contributed by atoms with Crippen molar-refractivity contribution < 1.29 is 23.1 Å². The number of ether oxygens (including phenoxy) is 1. The zero-order chi connectivity index (χ0) is 15.6. The van der Waals surface area contributed by atoms with Crippen LogP contribution in [0.1, 0.15) is 23.2 Å². The average Bonchev–Trinajstić information content (AvgIpc) is 2.47. The van der Waals surface area contributed by atoms with Crippen LogP contribution < -0.4 is 5.73 Å². The summed E-state index contributed by atoms with van der Waals surface area (Å²) in [5.74, 6) is -1.29. The van der Waals surface area contributed by atoms with E-state index >= 15 is 0 Å². The molecule has 1 aliphatic rings. The van der Waals surface area contributed by atoms with E-state index in [9.17, 15) is 13.2 Å². The van der Waals surface area contributed by atoms with Gasteiger partial charge in [-0.2, -0.15) is 4.31 Å². The number of carbonyl (C=O) groups is 1. The summed E-state index contributed by atoms with van der Waals surface area (Å²) in [6, 6.07) is 3.79. The Balaban J connectivity index is 2.36. The second kappa shape index (κ2) is 6.00. The number of nitrogen functional groups attached to an aromatic ring is 1. The highest BCUT2D eigenvalue weighted by Gasteiger charge is 2.32. The van der Waals surface area contributed by atoms with E-state index in [1.807, 2.05) is 0 Å². The largest absolute Gasteiger partial charge is 0.478 e. The topological polar surface area (TPSA) is 110 Å². The predicted molar refractivity (Wildman–Crippen MR) is 76.6 cm³/mol. The summed E-state index contributed by atoms with van der Waals surface area (Å²) in [6.07, 6.45) is 1.21. The molecule has 0 atom stereocenters. The third-order valence-corrected chi connectivity index (χ3v) is 5.53. The van der Waals surface area contributed by atoms with Gasteiger partial charge in [-0.25, -0.2) is 13.2 Å². The maximum atomic E-state index is 12.6. The first-order valence-corrected chi connectivity index (χ1v) is 7.96. The number of hydrogen-bond acceptors (Lipinski definition) is 5. The van der Waals surface area contributed by atoms with Crippen LogP contribution in [-0.4, -0.2) is 50.1 Å². The lowest BCUT2D eigenvalue weighted by molar-refractivity contribution is 0.0602. The smallest absolute Gasteiger partial charge is 0.337 e. The van der Waals surface area contributed by atoms with Gasteiger partial charge in [0.15, 0.2) is 0 Å². The van der Waals surface area contributed by atoms with Crippen molar-refractivity contribution in [1.29, 1.82) is 0 Å². The summed E-state index contributed by atoms with van der Waals surface area (Å²) in [5.41, 5.74) is 5.55. The molecule has 0 unspecified atom stereocenters. The molecule has 1 fully saturated rings. The summed E-state index contributed by atoms with van der Waals surface area (Å²) in [4.78, 5) is 11.0. The first kappa shape index (κ1) is 15.7. The number of sulfonamides is 1. The van der Waals surface area contributed by atoms with Crippen molar-refractivity contribution >= 4 is 21.7 Å². The van der Waals surface area contributed by atoms with Crippen molar-refractivity contribution in [3.63, 3.8) is 0 Å². The Morgan fingerprint density at radius 3 is 2.52 bits per heavy atom. The quantitative estimate of drug-likeness (QED) is 0.794. The van der Waals surface area contributed by atoms with E-state index in [1.54, 1.807) is 7.11 Å². The molecular formula is C13H18N2O5S. The van der Waals surface area contributed by atoms with Gasteiger partial charge < -0.3 is 15.6 Å². The maximum Gasteiger partial charge on any atom is 0.337 e. The number of aromatic carboxylic acids is 1.